The molecule has 2 rings (SSSR count). The fraction of sp³-hybridized carbons (Fsp3) is 0.600. The highest BCUT2D eigenvalue weighted by atomic mass is 16.3. The molecule has 0 bridgehead atoms. The average molecular weight is 277 g/mol. The maximum absolute atomic E-state index is 12.6. The number of carbonyl (C=O) groups is 1. The summed E-state index contributed by atoms with van der Waals surface area (Å²) in [5, 5.41) is 13.0. The molecule has 1 fully saturated rings. The van der Waals surface area contributed by atoms with Gasteiger partial charge in [0, 0.05) is 25.8 Å². The Morgan fingerprint density at radius 1 is 1.60 bits per heavy atom. The van der Waals surface area contributed by atoms with Crippen molar-refractivity contribution in [1.29, 1.82) is 0 Å². The molecule has 1 aromatic heterocycles. The SMILES string of the molecule is CCCNc1ncccc1C(=O)N1CCC(O)C(C)C1. The summed E-state index contributed by atoms with van der Waals surface area (Å²) in [7, 11) is 0. The van der Waals surface area contributed by atoms with Crippen LogP contribution in [0.15, 0.2) is 18.3 Å². The molecule has 0 radical (unpaired) electrons. The Hall–Kier alpha value is -1.62. The molecule has 2 unspecified atom stereocenters. The minimum atomic E-state index is -0.300. The highest BCUT2D eigenvalue weighted by Gasteiger charge is 2.28. The van der Waals surface area contributed by atoms with E-state index in [0.717, 1.165) is 13.0 Å². The molecular formula is C15H23N3O2. The van der Waals surface area contributed by atoms with Crippen molar-refractivity contribution in [3.05, 3.63) is 23.9 Å². The molecule has 0 aromatic carbocycles. The number of aliphatic hydroxyl groups is 1. The third-order valence-corrected chi connectivity index (χ3v) is 3.73. The summed E-state index contributed by atoms with van der Waals surface area (Å²) in [5.41, 5.74) is 0.615. The molecule has 1 aromatic rings. The molecule has 2 heterocycles. The third kappa shape index (κ3) is 3.28. The van der Waals surface area contributed by atoms with Crippen molar-refractivity contribution in [2.24, 2.45) is 5.92 Å². The number of piperidine rings is 1. The summed E-state index contributed by atoms with van der Waals surface area (Å²) in [6.45, 7) is 6.05. The Morgan fingerprint density at radius 2 is 2.40 bits per heavy atom. The maximum atomic E-state index is 12.6. The number of carbonyl (C=O) groups excluding carboxylic acids is 1. The van der Waals surface area contributed by atoms with E-state index in [2.05, 4.69) is 17.2 Å². The number of aromatic nitrogens is 1. The topological polar surface area (TPSA) is 65.5 Å². The first-order chi connectivity index (χ1) is 9.63. The second-order valence-corrected chi connectivity index (χ2v) is 5.41. The summed E-state index contributed by atoms with van der Waals surface area (Å²) in [6.07, 6.45) is 3.02. The summed E-state index contributed by atoms with van der Waals surface area (Å²) in [5.74, 6) is 0.769. The van der Waals surface area contributed by atoms with Crippen molar-refractivity contribution >= 4 is 11.7 Å². The lowest BCUT2D eigenvalue weighted by Gasteiger charge is -2.34. The van der Waals surface area contributed by atoms with Crippen LogP contribution in [0.4, 0.5) is 5.82 Å². The predicted molar refractivity (Wildman–Crippen MR) is 78.7 cm³/mol. The van der Waals surface area contributed by atoms with Crippen LogP contribution in [-0.2, 0) is 0 Å². The highest BCUT2D eigenvalue weighted by molar-refractivity contribution is 5.98. The largest absolute Gasteiger partial charge is 0.393 e. The van der Waals surface area contributed by atoms with E-state index in [1.807, 2.05) is 17.9 Å². The fourth-order valence-corrected chi connectivity index (χ4v) is 2.45. The molecule has 2 atom stereocenters. The molecule has 5 heteroatoms. The van der Waals surface area contributed by atoms with Crippen LogP contribution in [0.3, 0.4) is 0 Å². The van der Waals surface area contributed by atoms with Crippen LogP contribution in [0.5, 0.6) is 0 Å². The van der Waals surface area contributed by atoms with Gasteiger partial charge in [-0.15, -0.1) is 0 Å². The summed E-state index contributed by atoms with van der Waals surface area (Å²) in [4.78, 5) is 18.7. The van der Waals surface area contributed by atoms with E-state index >= 15 is 0 Å². The Morgan fingerprint density at radius 3 is 3.10 bits per heavy atom. The van der Waals surface area contributed by atoms with Gasteiger partial charge in [0.25, 0.3) is 5.91 Å². The number of aliphatic hydroxyl groups excluding tert-OH is 1. The number of hydrogen-bond acceptors (Lipinski definition) is 4. The fourth-order valence-electron chi connectivity index (χ4n) is 2.45. The highest BCUT2D eigenvalue weighted by Crippen LogP contribution is 2.21. The first-order valence-electron chi connectivity index (χ1n) is 7.29. The molecule has 2 N–H and O–H groups in total. The van der Waals surface area contributed by atoms with Gasteiger partial charge in [-0.25, -0.2) is 4.98 Å². The Kier molecular flexibility index (Phi) is 4.95. The molecule has 1 aliphatic heterocycles. The van der Waals surface area contributed by atoms with Crippen molar-refractivity contribution < 1.29 is 9.90 Å². The molecule has 1 saturated heterocycles. The minimum absolute atomic E-state index is 0.00421. The second kappa shape index (κ2) is 6.70. The number of pyridine rings is 1. The van der Waals surface area contributed by atoms with Gasteiger partial charge in [0.2, 0.25) is 0 Å². The Balaban J connectivity index is 2.12. The first-order valence-corrected chi connectivity index (χ1v) is 7.29. The quantitative estimate of drug-likeness (QED) is 0.880. The Bertz CT molecular complexity index is 464. The number of hydrogen-bond donors (Lipinski definition) is 2. The molecule has 0 saturated carbocycles. The van der Waals surface area contributed by atoms with E-state index in [4.69, 9.17) is 0 Å². The number of nitrogens with one attached hydrogen (secondary N) is 1. The Labute approximate surface area is 120 Å². The van der Waals surface area contributed by atoms with E-state index in [1.165, 1.54) is 0 Å². The van der Waals surface area contributed by atoms with Gasteiger partial charge in [0.1, 0.15) is 5.82 Å². The van der Waals surface area contributed by atoms with Crippen LogP contribution in [0.25, 0.3) is 0 Å². The van der Waals surface area contributed by atoms with E-state index in [9.17, 15) is 9.90 Å². The number of rotatable bonds is 4. The average Bonchev–Trinajstić information content (AvgIpc) is 2.47. The number of anilines is 1. The molecule has 5 nitrogen and oxygen atoms in total. The first kappa shape index (κ1) is 14.8. The lowest BCUT2D eigenvalue weighted by Crippen LogP contribution is -2.45. The molecule has 1 amide bonds. The molecule has 1 aliphatic rings. The zero-order chi connectivity index (χ0) is 14.5. The van der Waals surface area contributed by atoms with Crippen molar-refractivity contribution in [3.63, 3.8) is 0 Å². The van der Waals surface area contributed by atoms with E-state index < -0.39 is 0 Å². The van der Waals surface area contributed by atoms with Gasteiger partial charge < -0.3 is 15.3 Å². The smallest absolute Gasteiger partial charge is 0.257 e. The monoisotopic (exact) mass is 277 g/mol. The van der Waals surface area contributed by atoms with Crippen LogP contribution in [0, 0.1) is 5.92 Å². The van der Waals surface area contributed by atoms with Crippen LogP contribution in [-0.4, -0.2) is 46.6 Å². The number of likely N-dealkylation sites (tertiary alicyclic amines) is 1. The van der Waals surface area contributed by atoms with Crippen molar-refractivity contribution in [3.8, 4) is 0 Å². The summed E-state index contributed by atoms with van der Waals surface area (Å²) < 4.78 is 0. The van der Waals surface area contributed by atoms with Crippen LogP contribution in [0.1, 0.15) is 37.0 Å². The standard InChI is InChI=1S/C15H23N3O2/c1-3-7-16-14-12(5-4-8-17-14)15(20)18-9-6-13(19)11(2)10-18/h4-5,8,11,13,19H,3,6-7,9-10H2,1-2H3,(H,16,17). The van der Waals surface area contributed by atoms with Crippen molar-refractivity contribution in [2.45, 2.75) is 32.8 Å². The lowest BCUT2D eigenvalue weighted by molar-refractivity contribution is 0.0298. The molecular weight excluding hydrogens is 254 g/mol. The van der Waals surface area contributed by atoms with Crippen molar-refractivity contribution in [2.75, 3.05) is 25.0 Å². The van der Waals surface area contributed by atoms with Gasteiger partial charge in [0.05, 0.1) is 11.7 Å². The molecule has 20 heavy (non-hydrogen) atoms. The summed E-state index contributed by atoms with van der Waals surface area (Å²) in [6, 6.07) is 3.59. The molecule has 0 aliphatic carbocycles. The normalized spacial score (nSPS) is 22.6. The molecule has 110 valence electrons. The van der Waals surface area contributed by atoms with Gasteiger partial charge >= 0.3 is 0 Å². The number of nitrogens with zero attached hydrogens (tertiary/aromatic N) is 2. The van der Waals surface area contributed by atoms with E-state index in [1.54, 1.807) is 12.3 Å². The van der Waals surface area contributed by atoms with Crippen LogP contribution >= 0.6 is 0 Å². The van der Waals surface area contributed by atoms with Gasteiger partial charge in [-0.05, 0) is 30.9 Å². The van der Waals surface area contributed by atoms with Gasteiger partial charge in [-0.2, -0.15) is 0 Å². The third-order valence-electron chi connectivity index (χ3n) is 3.73. The van der Waals surface area contributed by atoms with Gasteiger partial charge in [-0.1, -0.05) is 13.8 Å². The van der Waals surface area contributed by atoms with Crippen LogP contribution in [0.2, 0.25) is 0 Å². The van der Waals surface area contributed by atoms with E-state index in [0.29, 0.717) is 30.9 Å². The predicted octanol–water partition coefficient (Wildman–Crippen LogP) is 1.75. The minimum Gasteiger partial charge on any atom is -0.393 e. The van der Waals surface area contributed by atoms with Crippen molar-refractivity contribution in [1.82, 2.24) is 9.88 Å². The lowest BCUT2D eigenvalue weighted by atomic mass is 9.96. The second-order valence-electron chi connectivity index (χ2n) is 5.41. The number of amides is 1. The van der Waals surface area contributed by atoms with Crippen LogP contribution < -0.4 is 5.32 Å². The maximum Gasteiger partial charge on any atom is 0.257 e. The van der Waals surface area contributed by atoms with Gasteiger partial charge in [0.15, 0.2) is 0 Å². The summed E-state index contributed by atoms with van der Waals surface area (Å²) >= 11 is 0. The zero-order valence-electron chi connectivity index (χ0n) is 12.2. The molecule has 0 spiro atoms. The van der Waals surface area contributed by atoms with E-state index in [-0.39, 0.29) is 17.9 Å². The zero-order valence-corrected chi connectivity index (χ0v) is 12.2. The van der Waals surface area contributed by atoms with Gasteiger partial charge in [-0.3, -0.25) is 4.79 Å².